The van der Waals surface area contributed by atoms with E-state index in [1.165, 1.54) is 0 Å². The van der Waals surface area contributed by atoms with Crippen molar-refractivity contribution in [2.75, 3.05) is 19.0 Å². The van der Waals surface area contributed by atoms with Gasteiger partial charge >= 0.3 is 5.97 Å². The van der Waals surface area contributed by atoms with Crippen LogP contribution in [0.25, 0.3) is 0 Å². The highest BCUT2D eigenvalue weighted by Crippen LogP contribution is 2.27. The first kappa shape index (κ1) is 15.3. The molecule has 1 rings (SSSR count). The topological polar surface area (TPSA) is 58.6 Å². The lowest BCUT2D eigenvalue weighted by atomic mass is 9.89. The van der Waals surface area contributed by atoms with Gasteiger partial charge in [0.15, 0.2) is 0 Å². The van der Waals surface area contributed by atoms with Crippen molar-refractivity contribution in [1.82, 2.24) is 0 Å². The zero-order valence-electron chi connectivity index (χ0n) is 12.3. The monoisotopic (exact) mass is 265 g/mol. The van der Waals surface area contributed by atoms with E-state index in [4.69, 9.17) is 9.84 Å². The molecule has 0 fully saturated rings. The largest absolute Gasteiger partial charge is 0.496 e. The molecular formula is C15H23NO3. The number of hydrogen-bond acceptors (Lipinski definition) is 3. The fraction of sp³-hybridized carbons (Fsp3) is 0.533. The Morgan fingerprint density at radius 3 is 2.26 bits per heavy atom. The SMILES string of the molecule is COc1c(C)cc(NCCC(C)(C)C(=O)O)cc1C. The molecule has 0 amide bonds. The van der Waals surface area contributed by atoms with E-state index >= 15 is 0 Å². The molecule has 0 radical (unpaired) electrons. The van der Waals surface area contributed by atoms with Crippen molar-refractivity contribution in [2.24, 2.45) is 5.41 Å². The second-order valence-electron chi connectivity index (χ2n) is 5.51. The number of aryl methyl sites for hydroxylation is 2. The first-order chi connectivity index (χ1) is 8.77. The average molecular weight is 265 g/mol. The van der Waals surface area contributed by atoms with Crippen LogP contribution in [-0.4, -0.2) is 24.7 Å². The maximum absolute atomic E-state index is 11.0. The molecule has 4 nitrogen and oxygen atoms in total. The second kappa shape index (κ2) is 5.95. The summed E-state index contributed by atoms with van der Waals surface area (Å²) in [5.41, 5.74) is 2.44. The highest BCUT2D eigenvalue weighted by atomic mass is 16.5. The minimum absolute atomic E-state index is 0.576. The maximum Gasteiger partial charge on any atom is 0.309 e. The molecule has 1 aromatic rings. The molecule has 19 heavy (non-hydrogen) atoms. The molecule has 1 aromatic carbocycles. The van der Waals surface area contributed by atoms with Gasteiger partial charge in [-0.1, -0.05) is 0 Å². The molecule has 0 aromatic heterocycles. The normalized spacial score (nSPS) is 11.2. The van der Waals surface area contributed by atoms with Gasteiger partial charge in [-0.05, 0) is 57.4 Å². The zero-order valence-corrected chi connectivity index (χ0v) is 12.3. The van der Waals surface area contributed by atoms with Crippen molar-refractivity contribution in [3.63, 3.8) is 0 Å². The van der Waals surface area contributed by atoms with E-state index in [1.807, 2.05) is 26.0 Å². The van der Waals surface area contributed by atoms with Crippen LogP contribution in [0.1, 0.15) is 31.4 Å². The van der Waals surface area contributed by atoms with Gasteiger partial charge in [-0.15, -0.1) is 0 Å². The number of carboxylic acid groups (broad SMARTS) is 1. The van der Waals surface area contributed by atoms with Crippen molar-refractivity contribution in [3.05, 3.63) is 23.3 Å². The first-order valence-corrected chi connectivity index (χ1v) is 6.40. The van der Waals surface area contributed by atoms with Crippen molar-refractivity contribution >= 4 is 11.7 Å². The fourth-order valence-electron chi connectivity index (χ4n) is 2.00. The summed E-state index contributed by atoms with van der Waals surface area (Å²) >= 11 is 0. The Morgan fingerprint density at radius 2 is 1.84 bits per heavy atom. The van der Waals surface area contributed by atoms with E-state index in [0.29, 0.717) is 13.0 Å². The number of carboxylic acids is 1. The Morgan fingerprint density at radius 1 is 1.32 bits per heavy atom. The average Bonchev–Trinajstić information content (AvgIpc) is 2.28. The molecule has 2 N–H and O–H groups in total. The molecule has 0 spiro atoms. The summed E-state index contributed by atoms with van der Waals surface area (Å²) in [7, 11) is 1.66. The van der Waals surface area contributed by atoms with Gasteiger partial charge in [0.1, 0.15) is 5.75 Å². The van der Waals surface area contributed by atoms with E-state index in [2.05, 4.69) is 5.32 Å². The number of anilines is 1. The van der Waals surface area contributed by atoms with Crippen LogP contribution in [0.5, 0.6) is 5.75 Å². The van der Waals surface area contributed by atoms with Crippen molar-refractivity contribution in [3.8, 4) is 5.75 Å². The lowest BCUT2D eigenvalue weighted by Crippen LogP contribution is -2.26. The Balaban J connectivity index is 2.67. The van der Waals surface area contributed by atoms with Gasteiger partial charge < -0.3 is 15.2 Å². The lowest BCUT2D eigenvalue weighted by Gasteiger charge is -2.20. The minimum atomic E-state index is -0.767. The van der Waals surface area contributed by atoms with Gasteiger partial charge in [0.25, 0.3) is 0 Å². The fourth-order valence-corrected chi connectivity index (χ4v) is 2.00. The van der Waals surface area contributed by atoms with Crippen molar-refractivity contribution in [1.29, 1.82) is 0 Å². The third-order valence-electron chi connectivity index (χ3n) is 3.32. The van der Waals surface area contributed by atoms with E-state index < -0.39 is 11.4 Å². The summed E-state index contributed by atoms with van der Waals surface area (Å²) in [6.45, 7) is 8.10. The van der Waals surface area contributed by atoms with E-state index in [1.54, 1.807) is 21.0 Å². The Hall–Kier alpha value is -1.71. The van der Waals surface area contributed by atoms with E-state index in [0.717, 1.165) is 22.6 Å². The number of aliphatic carboxylic acids is 1. The number of ether oxygens (including phenoxy) is 1. The molecule has 0 aliphatic rings. The highest BCUT2D eigenvalue weighted by molar-refractivity contribution is 5.73. The lowest BCUT2D eigenvalue weighted by molar-refractivity contribution is -0.147. The third kappa shape index (κ3) is 3.88. The summed E-state index contributed by atoms with van der Waals surface area (Å²) in [4.78, 5) is 11.0. The number of rotatable bonds is 6. The molecule has 0 aliphatic heterocycles. The zero-order chi connectivity index (χ0) is 14.6. The van der Waals surface area contributed by atoms with Crippen LogP contribution in [0.3, 0.4) is 0 Å². The van der Waals surface area contributed by atoms with E-state index in [9.17, 15) is 4.79 Å². The molecule has 0 atom stereocenters. The number of benzene rings is 1. The van der Waals surface area contributed by atoms with Crippen molar-refractivity contribution in [2.45, 2.75) is 34.1 Å². The molecule has 0 saturated heterocycles. The molecule has 4 heteroatoms. The predicted octanol–water partition coefficient (Wildman–Crippen LogP) is 3.22. The summed E-state index contributed by atoms with van der Waals surface area (Å²) in [5, 5.41) is 12.3. The summed E-state index contributed by atoms with van der Waals surface area (Å²) in [6, 6.07) is 4.03. The number of nitrogens with one attached hydrogen (secondary N) is 1. The number of carbonyl (C=O) groups is 1. The van der Waals surface area contributed by atoms with E-state index in [-0.39, 0.29) is 0 Å². The highest BCUT2D eigenvalue weighted by Gasteiger charge is 2.26. The first-order valence-electron chi connectivity index (χ1n) is 6.40. The molecule has 0 aliphatic carbocycles. The predicted molar refractivity (Wildman–Crippen MR) is 77.0 cm³/mol. The Bertz CT molecular complexity index is 443. The summed E-state index contributed by atoms with van der Waals surface area (Å²) in [6.07, 6.45) is 0.576. The standard InChI is InChI=1S/C15H23NO3/c1-10-8-12(9-11(2)13(10)19-5)16-7-6-15(3,4)14(17)18/h8-9,16H,6-7H2,1-5H3,(H,17,18). The third-order valence-corrected chi connectivity index (χ3v) is 3.32. The van der Waals surface area contributed by atoms with Gasteiger partial charge in [0, 0.05) is 12.2 Å². The summed E-state index contributed by atoms with van der Waals surface area (Å²) < 4.78 is 5.32. The van der Waals surface area contributed by atoms with Gasteiger partial charge in [0.2, 0.25) is 0 Å². The minimum Gasteiger partial charge on any atom is -0.496 e. The van der Waals surface area contributed by atoms with Gasteiger partial charge in [0.05, 0.1) is 12.5 Å². The quantitative estimate of drug-likeness (QED) is 0.829. The van der Waals surface area contributed by atoms with Gasteiger partial charge in [-0.3, -0.25) is 4.79 Å². The molecular weight excluding hydrogens is 242 g/mol. The number of methoxy groups -OCH3 is 1. The van der Waals surface area contributed by atoms with Crippen LogP contribution in [0, 0.1) is 19.3 Å². The van der Waals surface area contributed by atoms with Crippen LogP contribution in [0.4, 0.5) is 5.69 Å². The second-order valence-corrected chi connectivity index (χ2v) is 5.51. The Kier molecular flexibility index (Phi) is 4.81. The smallest absolute Gasteiger partial charge is 0.309 e. The van der Waals surface area contributed by atoms with Crippen LogP contribution in [0.15, 0.2) is 12.1 Å². The molecule has 0 heterocycles. The van der Waals surface area contributed by atoms with Crippen LogP contribution in [0.2, 0.25) is 0 Å². The van der Waals surface area contributed by atoms with Crippen molar-refractivity contribution < 1.29 is 14.6 Å². The van der Waals surface area contributed by atoms with Gasteiger partial charge in [-0.25, -0.2) is 0 Å². The summed E-state index contributed by atoms with van der Waals surface area (Å²) in [5.74, 6) is 0.132. The Labute approximate surface area is 114 Å². The van der Waals surface area contributed by atoms with Crippen LogP contribution < -0.4 is 10.1 Å². The van der Waals surface area contributed by atoms with Gasteiger partial charge in [-0.2, -0.15) is 0 Å². The molecule has 0 unspecified atom stereocenters. The maximum atomic E-state index is 11.0. The molecule has 0 saturated carbocycles. The molecule has 106 valence electrons. The van der Waals surface area contributed by atoms with Crippen LogP contribution in [-0.2, 0) is 4.79 Å². The molecule has 0 bridgehead atoms. The number of hydrogen-bond donors (Lipinski definition) is 2. The van der Waals surface area contributed by atoms with Crippen LogP contribution >= 0.6 is 0 Å².